The number of hydrogen-bond donors (Lipinski definition) is 0. The SMILES string of the molecule is COc1cccc2sc(N(Cc3ccccn3)C(=O)Cc3ccc(S(C)(=O)=O)cc3)nc12. The van der Waals surface area contributed by atoms with Crippen LogP contribution in [0, 0.1) is 0 Å². The van der Waals surface area contributed by atoms with Crippen molar-refractivity contribution in [1.82, 2.24) is 9.97 Å². The molecule has 0 aliphatic rings. The second-order valence-corrected chi connectivity index (χ2v) is 10.2. The molecule has 32 heavy (non-hydrogen) atoms. The molecule has 164 valence electrons. The molecule has 9 heteroatoms. The van der Waals surface area contributed by atoms with Crippen molar-refractivity contribution >= 4 is 42.4 Å². The number of carbonyl (C=O) groups excluding carboxylic acids is 1. The fraction of sp³-hybridized carbons (Fsp3) is 0.174. The first-order valence-electron chi connectivity index (χ1n) is 9.78. The van der Waals surface area contributed by atoms with Gasteiger partial charge in [-0.15, -0.1) is 0 Å². The number of amides is 1. The van der Waals surface area contributed by atoms with E-state index in [2.05, 4.69) is 9.97 Å². The van der Waals surface area contributed by atoms with E-state index in [1.54, 1.807) is 30.3 Å². The molecule has 0 unspecified atom stereocenters. The molecule has 2 heterocycles. The van der Waals surface area contributed by atoms with Crippen LogP contribution in [0.2, 0.25) is 0 Å². The first-order valence-corrected chi connectivity index (χ1v) is 12.5. The second-order valence-electron chi connectivity index (χ2n) is 7.20. The number of benzene rings is 2. The predicted octanol–water partition coefficient (Wildman–Crippen LogP) is 3.88. The number of fused-ring (bicyclic) bond motifs is 1. The Morgan fingerprint density at radius 2 is 1.84 bits per heavy atom. The number of pyridine rings is 1. The standard InChI is InChI=1S/C23H21N3O4S2/c1-30-19-7-5-8-20-22(19)25-23(31-20)26(15-17-6-3-4-13-24-17)21(27)14-16-9-11-18(12-10-16)32(2,28)29/h3-13H,14-15H2,1-2H3. The van der Waals surface area contributed by atoms with Crippen LogP contribution >= 0.6 is 11.3 Å². The highest BCUT2D eigenvalue weighted by Crippen LogP contribution is 2.34. The van der Waals surface area contributed by atoms with Gasteiger partial charge in [0.1, 0.15) is 11.3 Å². The van der Waals surface area contributed by atoms with Gasteiger partial charge in [-0.1, -0.05) is 35.6 Å². The monoisotopic (exact) mass is 467 g/mol. The van der Waals surface area contributed by atoms with E-state index in [0.717, 1.165) is 16.6 Å². The molecule has 2 aromatic carbocycles. The van der Waals surface area contributed by atoms with E-state index in [4.69, 9.17) is 4.74 Å². The molecule has 2 aromatic heterocycles. The number of sulfone groups is 1. The van der Waals surface area contributed by atoms with E-state index in [9.17, 15) is 13.2 Å². The quantitative estimate of drug-likeness (QED) is 0.410. The molecule has 0 saturated carbocycles. The van der Waals surface area contributed by atoms with E-state index >= 15 is 0 Å². The minimum Gasteiger partial charge on any atom is -0.494 e. The first kappa shape index (κ1) is 21.9. The lowest BCUT2D eigenvalue weighted by atomic mass is 10.1. The molecule has 4 aromatic rings. The number of methoxy groups -OCH3 is 1. The van der Waals surface area contributed by atoms with Crippen molar-refractivity contribution in [3.63, 3.8) is 0 Å². The van der Waals surface area contributed by atoms with Crippen LogP contribution in [0.1, 0.15) is 11.3 Å². The molecular formula is C23H21N3O4S2. The van der Waals surface area contributed by atoms with Gasteiger partial charge in [0.25, 0.3) is 0 Å². The number of rotatable bonds is 7. The van der Waals surface area contributed by atoms with Gasteiger partial charge in [-0.05, 0) is 42.0 Å². The third-order valence-corrected chi connectivity index (χ3v) is 7.05. The largest absolute Gasteiger partial charge is 0.494 e. The zero-order valence-corrected chi connectivity index (χ0v) is 19.2. The average molecular weight is 468 g/mol. The zero-order valence-electron chi connectivity index (χ0n) is 17.6. The van der Waals surface area contributed by atoms with E-state index in [1.165, 1.54) is 23.5 Å². The molecule has 4 rings (SSSR count). The lowest BCUT2D eigenvalue weighted by Gasteiger charge is -2.19. The number of aromatic nitrogens is 2. The van der Waals surface area contributed by atoms with Crippen molar-refractivity contribution in [3.8, 4) is 5.75 Å². The van der Waals surface area contributed by atoms with Gasteiger partial charge in [0.05, 0.1) is 35.4 Å². The third-order valence-electron chi connectivity index (χ3n) is 4.88. The normalized spacial score (nSPS) is 11.4. The van der Waals surface area contributed by atoms with Crippen LogP contribution in [0.25, 0.3) is 10.2 Å². The van der Waals surface area contributed by atoms with Gasteiger partial charge >= 0.3 is 0 Å². The number of para-hydroxylation sites is 1. The zero-order chi connectivity index (χ0) is 22.7. The maximum Gasteiger partial charge on any atom is 0.233 e. The summed E-state index contributed by atoms with van der Waals surface area (Å²) in [5.74, 6) is 0.479. The number of thiazole rings is 1. The number of nitrogens with zero attached hydrogens (tertiary/aromatic N) is 3. The van der Waals surface area contributed by atoms with E-state index in [0.29, 0.717) is 22.0 Å². The van der Waals surface area contributed by atoms with Crippen molar-refractivity contribution in [2.75, 3.05) is 18.3 Å². The molecule has 0 aliphatic heterocycles. The molecule has 0 N–H and O–H groups in total. The molecule has 0 saturated heterocycles. The van der Waals surface area contributed by atoms with Crippen LogP contribution < -0.4 is 9.64 Å². The summed E-state index contributed by atoms with van der Waals surface area (Å²) in [7, 11) is -1.71. The third kappa shape index (κ3) is 4.79. The lowest BCUT2D eigenvalue weighted by Crippen LogP contribution is -2.32. The molecule has 0 radical (unpaired) electrons. The fourth-order valence-corrected chi connectivity index (χ4v) is 4.86. The Labute approximate surface area is 190 Å². The van der Waals surface area contributed by atoms with Gasteiger partial charge in [0.15, 0.2) is 15.0 Å². The van der Waals surface area contributed by atoms with Gasteiger partial charge in [-0.2, -0.15) is 0 Å². The van der Waals surface area contributed by atoms with E-state index < -0.39 is 9.84 Å². The van der Waals surface area contributed by atoms with Crippen LogP contribution in [-0.2, 0) is 27.6 Å². The van der Waals surface area contributed by atoms with Crippen LogP contribution in [0.3, 0.4) is 0 Å². The van der Waals surface area contributed by atoms with Crippen molar-refractivity contribution in [2.45, 2.75) is 17.9 Å². The topological polar surface area (TPSA) is 89.5 Å². The van der Waals surface area contributed by atoms with Crippen LogP contribution in [0.4, 0.5) is 5.13 Å². The van der Waals surface area contributed by atoms with Crippen molar-refractivity contribution in [1.29, 1.82) is 0 Å². The van der Waals surface area contributed by atoms with Gasteiger partial charge in [-0.3, -0.25) is 14.7 Å². The summed E-state index contributed by atoms with van der Waals surface area (Å²) in [5, 5.41) is 0.549. The van der Waals surface area contributed by atoms with Gasteiger partial charge in [0, 0.05) is 12.5 Å². The van der Waals surface area contributed by atoms with Crippen LogP contribution in [0.15, 0.2) is 71.8 Å². The molecule has 7 nitrogen and oxygen atoms in total. The van der Waals surface area contributed by atoms with Gasteiger partial charge in [-0.25, -0.2) is 13.4 Å². The van der Waals surface area contributed by atoms with E-state index in [-0.39, 0.29) is 23.8 Å². The van der Waals surface area contributed by atoms with Crippen molar-refractivity contribution < 1.29 is 17.9 Å². The summed E-state index contributed by atoms with van der Waals surface area (Å²) in [5.41, 5.74) is 2.15. The molecule has 0 spiro atoms. The summed E-state index contributed by atoms with van der Waals surface area (Å²) in [4.78, 5) is 24.2. The summed E-state index contributed by atoms with van der Waals surface area (Å²) in [6.07, 6.45) is 2.94. The summed E-state index contributed by atoms with van der Waals surface area (Å²) in [6.45, 7) is 0.267. The Kier molecular flexibility index (Phi) is 6.20. The number of ether oxygens (including phenoxy) is 1. The lowest BCUT2D eigenvalue weighted by molar-refractivity contribution is -0.118. The second kappa shape index (κ2) is 9.05. The fourth-order valence-electron chi connectivity index (χ4n) is 3.23. The van der Waals surface area contributed by atoms with Crippen molar-refractivity contribution in [3.05, 3.63) is 78.1 Å². The Bertz CT molecular complexity index is 1350. The molecule has 1 amide bonds. The highest BCUT2D eigenvalue weighted by atomic mass is 32.2. The minimum atomic E-state index is -3.29. The molecule has 0 atom stereocenters. The molecule has 0 aliphatic carbocycles. The van der Waals surface area contributed by atoms with Crippen LogP contribution in [-0.4, -0.2) is 37.7 Å². The summed E-state index contributed by atoms with van der Waals surface area (Å²) in [6, 6.07) is 17.6. The van der Waals surface area contributed by atoms with Gasteiger partial charge in [0.2, 0.25) is 5.91 Å². The highest BCUT2D eigenvalue weighted by Gasteiger charge is 2.22. The number of carbonyl (C=O) groups is 1. The van der Waals surface area contributed by atoms with Gasteiger partial charge < -0.3 is 4.74 Å². The first-order chi connectivity index (χ1) is 15.3. The smallest absolute Gasteiger partial charge is 0.233 e. The maximum atomic E-state index is 13.3. The number of anilines is 1. The highest BCUT2D eigenvalue weighted by molar-refractivity contribution is 7.90. The van der Waals surface area contributed by atoms with E-state index in [1.807, 2.05) is 36.4 Å². The minimum absolute atomic E-state index is 0.101. The average Bonchev–Trinajstić information content (AvgIpc) is 3.22. The Balaban J connectivity index is 1.67. The summed E-state index contributed by atoms with van der Waals surface area (Å²) >= 11 is 1.41. The molecule has 0 fully saturated rings. The predicted molar refractivity (Wildman–Crippen MR) is 125 cm³/mol. The Hall–Kier alpha value is -3.30. The molecule has 0 bridgehead atoms. The Morgan fingerprint density at radius 3 is 2.50 bits per heavy atom. The maximum absolute atomic E-state index is 13.3. The molecular weight excluding hydrogens is 446 g/mol. The number of hydrogen-bond acceptors (Lipinski definition) is 7. The summed E-state index contributed by atoms with van der Waals surface area (Å²) < 4.78 is 29.7. The van der Waals surface area contributed by atoms with Crippen molar-refractivity contribution in [2.24, 2.45) is 0 Å². The van der Waals surface area contributed by atoms with Crippen LogP contribution in [0.5, 0.6) is 5.75 Å². The Morgan fingerprint density at radius 1 is 1.06 bits per heavy atom.